The molecular formula is C14H20FNO. The third kappa shape index (κ3) is 3.79. The van der Waals surface area contributed by atoms with Gasteiger partial charge in [-0.2, -0.15) is 0 Å². The van der Waals surface area contributed by atoms with Gasteiger partial charge in [0, 0.05) is 12.6 Å². The fourth-order valence-electron chi connectivity index (χ4n) is 2.40. The minimum absolute atomic E-state index is 0.158. The smallest absolute Gasteiger partial charge is 0.123 e. The van der Waals surface area contributed by atoms with E-state index in [2.05, 4.69) is 5.32 Å². The molecule has 3 heteroatoms. The Labute approximate surface area is 102 Å². The van der Waals surface area contributed by atoms with E-state index in [-0.39, 0.29) is 5.82 Å². The summed E-state index contributed by atoms with van der Waals surface area (Å²) in [5.74, 6) is -0.158. The molecule has 0 spiro atoms. The summed E-state index contributed by atoms with van der Waals surface area (Å²) >= 11 is 0. The van der Waals surface area contributed by atoms with Crippen molar-refractivity contribution in [3.63, 3.8) is 0 Å². The summed E-state index contributed by atoms with van der Waals surface area (Å²) in [7, 11) is 1.96. The van der Waals surface area contributed by atoms with Crippen LogP contribution in [0.1, 0.15) is 24.8 Å². The van der Waals surface area contributed by atoms with Gasteiger partial charge < -0.3 is 10.1 Å². The molecule has 0 amide bonds. The minimum atomic E-state index is -0.158. The van der Waals surface area contributed by atoms with Crippen LogP contribution in [0.3, 0.4) is 0 Å². The van der Waals surface area contributed by atoms with E-state index in [9.17, 15) is 4.39 Å². The van der Waals surface area contributed by atoms with Crippen molar-refractivity contribution in [2.24, 2.45) is 0 Å². The van der Waals surface area contributed by atoms with Crippen LogP contribution >= 0.6 is 0 Å². The Balaban J connectivity index is 1.90. The summed E-state index contributed by atoms with van der Waals surface area (Å²) in [6.07, 6.45) is 4.56. The largest absolute Gasteiger partial charge is 0.378 e. The van der Waals surface area contributed by atoms with Crippen molar-refractivity contribution in [3.05, 3.63) is 35.6 Å². The lowest BCUT2D eigenvalue weighted by Gasteiger charge is -2.19. The van der Waals surface area contributed by atoms with E-state index in [1.807, 2.05) is 13.1 Å². The summed E-state index contributed by atoms with van der Waals surface area (Å²) in [5, 5.41) is 3.29. The second-order valence-corrected chi connectivity index (χ2v) is 4.69. The van der Waals surface area contributed by atoms with Gasteiger partial charge in [-0.25, -0.2) is 4.39 Å². The monoisotopic (exact) mass is 237 g/mol. The normalized spacial score (nSPS) is 21.6. The molecule has 1 heterocycles. The van der Waals surface area contributed by atoms with Crippen LogP contribution in [0.25, 0.3) is 0 Å². The lowest BCUT2D eigenvalue weighted by atomic mass is 9.99. The molecule has 0 radical (unpaired) electrons. The topological polar surface area (TPSA) is 21.3 Å². The summed E-state index contributed by atoms with van der Waals surface area (Å²) in [5.41, 5.74) is 1.04. The molecule has 2 rings (SSSR count). The number of hydrogen-bond acceptors (Lipinski definition) is 2. The minimum Gasteiger partial charge on any atom is -0.378 e. The highest BCUT2D eigenvalue weighted by Crippen LogP contribution is 2.18. The Morgan fingerprint density at radius 3 is 3.06 bits per heavy atom. The van der Waals surface area contributed by atoms with Gasteiger partial charge in [0.25, 0.3) is 0 Å². The van der Waals surface area contributed by atoms with Crippen LogP contribution in [0.5, 0.6) is 0 Å². The van der Waals surface area contributed by atoms with E-state index in [1.54, 1.807) is 12.1 Å². The lowest BCUT2D eigenvalue weighted by Crippen LogP contribution is -2.31. The van der Waals surface area contributed by atoms with Crippen LogP contribution in [0.4, 0.5) is 4.39 Å². The average molecular weight is 237 g/mol. The SMILES string of the molecule is CNC(Cc1cccc(F)c1)CC1CCCO1. The molecule has 1 aliphatic heterocycles. The van der Waals surface area contributed by atoms with Gasteiger partial charge in [0.2, 0.25) is 0 Å². The number of nitrogens with one attached hydrogen (secondary N) is 1. The van der Waals surface area contributed by atoms with E-state index in [4.69, 9.17) is 4.74 Å². The number of rotatable bonds is 5. The maximum absolute atomic E-state index is 13.1. The van der Waals surface area contributed by atoms with Gasteiger partial charge in [-0.05, 0) is 50.4 Å². The molecule has 2 nitrogen and oxygen atoms in total. The zero-order valence-corrected chi connectivity index (χ0v) is 10.3. The number of halogens is 1. The molecule has 1 saturated heterocycles. The zero-order valence-electron chi connectivity index (χ0n) is 10.3. The molecule has 94 valence electrons. The van der Waals surface area contributed by atoms with Crippen molar-refractivity contribution in [3.8, 4) is 0 Å². The third-order valence-electron chi connectivity index (χ3n) is 3.35. The summed E-state index contributed by atoms with van der Waals surface area (Å²) in [6.45, 7) is 0.890. The maximum atomic E-state index is 13.1. The van der Waals surface area contributed by atoms with Crippen LogP contribution in [0, 0.1) is 5.82 Å². The van der Waals surface area contributed by atoms with Crippen molar-refractivity contribution in [2.75, 3.05) is 13.7 Å². The fourth-order valence-corrected chi connectivity index (χ4v) is 2.40. The van der Waals surface area contributed by atoms with Crippen LogP contribution < -0.4 is 5.32 Å². The van der Waals surface area contributed by atoms with Gasteiger partial charge in [-0.3, -0.25) is 0 Å². The Kier molecular flexibility index (Phi) is 4.51. The van der Waals surface area contributed by atoms with E-state index < -0.39 is 0 Å². The first-order valence-corrected chi connectivity index (χ1v) is 6.31. The molecule has 2 unspecified atom stereocenters. The van der Waals surface area contributed by atoms with Gasteiger partial charge in [-0.15, -0.1) is 0 Å². The molecule has 0 bridgehead atoms. The second-order valence-electron chi connectivity index (χ2n) is 4.69. The van der Waals surface area contributed by atoms with Gasteiger partial charge >= 0.3 is 0 Å². The molecule has 0 aliphatic carbocycles. The van der Waals surface area contributed by atoms with Gasteiger partial charge in [-0.1, -0.05) is 12.1 Å². The molecule has 0 aromatic heterocycles. The first-order valence-electron chi connectivity index (χ1n) is 6.31. The highest BCUT2D eigenvalue weighted by Gasteiger charge is 2.20. The molecule has 1 N–H and O–H groups in total. The van der Waals surface area contributed by atoms with Gasteiger partial charge in [0.1, 0.15) is 5.82 Å². The van der Waals surface area contributed by atoms with Crippen molar-refractivity contribution in [2.45, 2.75) is 37.8 Å². The standard InChI is InChI=1S/C14H20FNO/c1-16-13(10-14-6-3-7-17-14)9-11-4-2-5-12(15)8-11/h2,4-5,8,13-14,16H,3,6-7,9-10H2,1H3. The molecule has 17 heavy (non-hydrogen) atoms. The first-order chi connectivity index (χ1) is 8.28. The van der Waals surface area contributed by atoms with Gasteiger partial charge in [0.15, 0.2) is 0 Å². The summed E-state index contributed by atoms with van der Waals surface area (Å²) in [4.78, 5) is 0. The first kappa shape index (κ1) is 12.5. The number of ether oxygens (including phenoxy) is 1. The van der Waals surface area contributed by atoms with Crippen molar-refractivity contribution in [1.82, 2.24) is 5.32 Å². The summed E-state index contributed by atoms with van der Waals surface area (Å²) in [6, 6.07) is 7.20. The van der Waals surface area contributed by atoms with Crippen LogP contribution in [-0.4, -0.2) is 25.8 Å². The molecule has 1 aromatic carbocycles. The molecule has 1 aromatic rings. The quantitative estimate of drug-likeness (QED) is 0.849. The molecule has 1 fully saturated rings. The van der Waals surface area contributed by atoms with Gasteiger partial charge in [0.05, 0.1) is 6.10 Å². The average Bonchev–Trinajstić information content (AvgIpc) is 2.81. The molecule has 2 atom stereocenters. The highest BCUT2D eigenvalue weighted by molar-refractivity contribution is 5.17. The van der Waals surface area contributed by atoms with Crippen LogP contribution in [0.15, 0.2) is 24.3 Å². The van der Waals surface area contributed by atoms with Crippen molar-refractivity contribution >= 4 is 0 Å². The van der Waals surface area contributed by atoms with Crippen LogP contribution in [0.2, 0.25) is 0 Å². The third-order valence-corrected chi connectivity index (χ3v) is 3.35. The number of likely N-dealkylation sites (N-methyl/N-ethyl adjacent to an activating group) is 1. The Morgan fingerprint density at radius 2 is 2.41 bits per heavy atom. The predicted molar refractivity (Wildman–Crippen MR) is 66.5 cm³/mol. The molecule has 0 saturated carbocycles. The second kappa shape index (κ2) is 6.12. The van der Waals surface area contributed by atoms with Crippen molar-refractivity contribution in [1.29, 1.82) is 0 Å². The Bertz CT molecular complexity index is 350. The molecule has 1 aliphatic rings. The van der Waals surface area contributed by atoms with E-state index in [0.717, 1.165) is 31.4 Å². The zero-order chi connectivity index (χ0) is 12.1. The number of hydrogen-bond donors (Lipinski definition) is 1. The van der Waals surface area contributed by atoms with Crippen LogP contribution in [-0.2, 0) is 11.2 Å². The fraction of sp³-hybridized carbons (Fsp3) is 0.571. The maximum Gasteiger partial charge on any atom is 0.123 e. The van der Waals surface area contributed by atoms with Crippen molar-refractivity contribution < 1.29 is 9.13 Å². The highest BCUT2D eigenvalue weighted by atomic mass is 19.1. The van der Waals surface area contributed by atoms with E-state index in [0.29, 0.717) is 12.1 Å². The Morgan fingerprint density at radius 1 is 1.53 bits per heavy atom. The van der Waals surface area contributed by atoms with E-state index >= 15 is 0 Å². The summed E-state index contributed by atoms with van der Waals surface area (Å²) < 4.78 is 18.7. The lowest BCUT2D eigenvalue weighted by molar-refractivity contribution is 0.0954. The Hall–Kier alpha value is -0.930. The molecular weight excluding hydrogens is 217 g/mol. The number of benzene rings is 1. The predicted octanol–water partition coefficient (Wildman–Crippen LogP) is 2.53. The van der Waals surface area contributed by atoms with E-state index in [1.165, 1.54) is 12.5 Å².